The second-order valence-electron chi connectivity index (χ2n) is 7.84. The van der Waals surface area contributed by atoms with Gasteiger partial charge in [0.1, 0.15) is 23.8 Å². The van der Waals surface area contributed by atoms with Crippen LogP contribution in [0.15, 0.2) is 66.7 Å². The average molecular weight is 425 g/mol. The Labute approximate surface area is 182 Å². The highest BCUT2D eigenvalue weighted by Gasteiger charge is 2.17. The normalized spacial score (nSPS) is 11.1. The molecule has 0 unspecified atom stereocenters. The molecule has 0 spiro atoms. The number of carbonyl (C=O) groups is 1. The van der Waals surface area contributed by atoms with Crippen molar-refractivity contribution in [2.24, 2.45) is 0 Å². The molecule has 0 aliphatic rings. The van der Waals surface area contributed by atoms with Crippen molar-refractivity contribution in [1.29, 1.82) is 0 Å². The van der Waals surface area contributed by atoms with Crippen molar-refractivity contribution in [3.05, 3.63) is 88.6 Å². The molecule has 3 rings (SSSR count). The number of hydrogen-bond donors (Lipinski definition) is 1. The Kier molecular flexibility index (Phi) is 6.95. The number of anilines is 1. The van der Waals surface area contributed by atoms with Gasteiger partial charge < -0.3 is 9.47 Å². The molecule has 0 aliphatic carbocycles. The predicted octanol–water partition coefficient (Wildman–Crippen LogP) is 6.25. The molecule has 0 atom stereocenters. The number of halogens is 1. The Balaban J connectivity index is 1.72. The number of carbonyl (C=O) groups excluding carboxylic acids is 1. The van der Waals surface area contributed by atoms with Gasteiger partial charge in [-0.05, 0) is 56.7 Å². The maximum absolute atomic E-state index is 12.0. The van der Waals surface area contributed by atoms with E-state index in [1.807, 2.05) is 75.4 Å². The van der Waals surface area contributed by atoms with Crippen LogP contribution in [0.4, 0.5) is 10.6 Å². The third kappa shape index (κ3) is 6.78. The summed E-state index contributed by atoms with van der Waals surface area (Å²) in [4.78, 5) is 16.5. The van der Waals surface area contributed by atoms with Crippen molar-refractivity contribution in [3.63, 3.8) is 0 Å². The first-order valence-corrected chi connectivity index (χ1v) is 10.1. The van der Waals surface area contributed by atoms with Crippen molar-refractivity contribution in [3.8, 4) is 5.75 Å². The van der Waals surface area contributed by atoms with Crippen LogP contribution in [0, 0.1) is 0 Å². The number of amides is 1. The maximum Gasteiger partial charge on any atom is 0.413 e. The maximum atomic E-state index is 12.0. The molecule has 0 fully saturated rings. The van der Waals surface area contributed by atoms with Gasteiger partial charge in [0.15, 0.2) is 0 Å². The molecule has 2 aromatic carbocycles. The lowest BCUT2D eigenvalue weighted by atomic mass is 10.1. The molecule has 0 saturated carbocycles. The number of nitrogens with one attached hydrogen (secondary N) is 1. The minimum absolute atomic E-state index is 0.426. The summed E-state index contributed by atoms with van der Waals surface area (Å²) in [5, 5.41) is 3.29. The molecule has 5 nitrogen and oxygen atoms in total. The summed E-state index contributed by atoms with van der Waals surface area (Å²) in [5.74, 6) is 1.17. The molecular weight excluding hydrogens is 400 g/mol. The summed E-state index contributed by atoms with van der Waals surface area (Å²) in [6.07, 6.45) is -0.0316. The number of aromatic nitrogens is 1. The van der Waals surface area contributed by atoms with Gasteiger partial charge in [-0.2, -0.15) is 0 Å². The van der Waals surface area contributed by atoms with E-state index in [-0.39, 0.29) is 0 Å². The molecule has 3 aromatic rings. The minimum Gasteiger partial charge on any atom is -0.489 e. The van der Waals surface area contributed by atoms with Gasteiger partial charge in [-0.15, -0.1) is 0 Å². The molecule has 30 heavy (non-hydrogen) atoms. The van der Waals surface area contributed by atoms with Crippen molar-refractivity contribution in [1.82, 2.24) is 4.98 Å². The lowest BCUT2D eigenvalue weighted by molar-refractivity contribution is 0.0635. The molecule has 0 bridgehead atoms. The van der Waals surface area contributed by atoms with E-state index >= 15 is 0 Å². The molecule has 1 heterocycles. The predicted molar refractivity (Wildman–Crippen MR) is 119 cm³/mol. The summed E-state index contributed by atoms with van der Waals surface area (Å²) < 4.78 is 11.3. The van der Waals surface area contributed by atoms with E-state index < -0.39 is 11.7 Å². The first-order chi connectivity index (χ1) is 14.3. The number of nitrogens with zero attached hydrogens (tertiary/aromatic N) is 1. The molecule has 1 N–H and O–H groups in total. The third-order valence-electron chi connectivity index (χ3n) is 4.07. The molecular formula is C24H25ClN2O3. The van der Waals surface area contributed by atoms with E-state index in [2.05, 4.69) is 10.3 Å². The highest BCUT2D eigenvalue weighted by molar-refractivity contribution is 6.30. The van der Waals surface area contributed by atoms with E-state index in [0.717, 1.165) is 22.6 Å². The van der Waals surface area contributed by atoms with Crippen LogP contribution in [0.2, 0.25) is 5.02 Å². The Morgan fingerprint density at radius 3 is 2.53 bits per heavy atom. The topological polar surface area (TPSA) is 60.5 Å². The van der Waals surface area contributed by atoms with Crippen molar-refractivity contribution >= 4 is 23.5 Å². The zero-order valence-electron chi connectivity index (χ0n) is 17.3. The van der Waals surface area contributed by atoms with E-state index in [9.17, 15) is 4.79 Å². The van der Waals surface area contributed by atoms with Gasteiger partial charge in [0.05, 0.1) is 0 Å². The molecule has 0 aliphatic heterocycles. The second-order valence-corrected chi connectivity index (χ2v) is 8.28. The van der Waals surface area contributed by atoms with Gasteiger partial charge in [-0.1, -0.05) is 48.0 Å². The van der Waals surface area contributed by atoms with Gasteiger partial charge in [-0.3, -0.25) is 5.32 Å². The van der Waals surface area contributed by atoms with Crippen LogP contribution in [0.3, 0.4) is 0 Å². The minimum atomic E-state index is -0.576. The second kappa shape index (κ2) is 9.63. The van der Waals surface area contributed by atoms with Crippen molar-refractivity contribution in [2.75, 3.05) is 5.32 Å². The summed E-state index contributed by atoms with van der Waals surface area (Å²) in [6.45, 7) is 5.90. The Morgan fingerprint density at radius 1 is 1.03 bits per heavy atom. The quantitative estimate of drug-likeness (QED) is 0.507. The lowest BCUT2D eigenvalue weighted by Crippen LogP contribution is -2.27. The number of hydrogen-bond acceptors (Lipinski definition) is 4. The smallest absolute Gasteiger partial charge is 0.413 e. The lowest BCUT2D eigenvalue weighted by Gasteiger charge is -2.19. The summed E-state index contributed by atoms with van der Waals surface area (Å²) in [5.41, 5.74) is 2.20. The molecule has 0 saturated heterocycles. The standard InChI is InChI=1S/C24H25ClN2O3/c1-24(2,3)30-23(28)27-22-11-7-10-20(26-22)15-18-14-19(25)12-13-21(18)29-16-17-8-5-4-6-9-17/h4-14H,15-16H2,1-3H3,(H,26,27,28). The fourth-order valence-electron chi connectivity index (χ4n) is 2.81. The fraction of sp³-hybridized carbons (Fsp3) is 0.250. The van der Waals surface area contributed by atoms with E-state index in [1.54, 1.807) is 12.1 Å². The average Bonchev–Trinajstić information content (AvgIpc) is 2.67. The zero-order valence-corrected chi connectivity index (χ0v) is 18.1. The van der Waals surface area contributed by atoms with Gasteiger partial charge in [0.2, 0.25) is 0 Å². The van der Waals surface area contributed by atoms with E-state index in [0.29, 0.717) is 23.9 Å². The van der Waals surface area contributed by atoms with Crippen LogP contribution in [0.5, 0.6) is 5.75 Å². The molecule has 0 radical (unpaired) electrons. The first-order valence-electron chi connectivity index (χ1n) is 9.69. The van der Waals surface area contributed by atoms with Crippen LogP contribution in [0.1, 0.15) is 37.6 Å². The van der Waals surface area contributed by atoms with Gasteiger partial charge in [0, 0.05) is 22.7 Å². The largest absolute Gasteiger partial charge is 0.489 e. The van der Waals surface area contributed by atoms with Crippen molar-refractivity contribution in [2.45, 2.75) is 39.4 Å². The summed E-state index contributed by atoms with van der Waals surface area (Å²) in [6, 6.07) is 21.0. The number of pyridine rings is 1. The van der Waals surface area contributed by atoms with Gasteiger partial charge >= 0.3 is 6.09 Å². The monoisotopic (exact) mass is 424 g/mol. The first kappa shape index (κ1) is 21.7. The summed E-state index contributed by atoms with van der Waals surface area (Å²) >= 11 is 6.21. The van der Waals surface area contributed by atoms with Gasteiger partial charge in [0.25, 0.3) is 0 Å². The van der Waals surface area contributed by atoms with Gasteiger partial charge in [-0.25, -0.2) is 9.78 Å². The van der Waals surface area contributed by atoms with Crippen LogP contribution in [-0.2, 0) is 17.8 Å². The highest BCUT2D eigenvalue weighted by atomic mass is 35.5. The Bertz CT molecular complexity index is 1000. The third-order valence-corrected chi connectivity index (χ3v) is 4.30. The Hall–Kier alpha value is -3.05. The number of ether oxygens (including phenoxy) is 2. The highest BCUT2D eigenvalue weighted by Crippen LogP contribution is 2.26. The van der Waals surface area contributed by atoms with Crippen LogP contribution < -0.4 is 10.1 Å². The number of rotatable bonds is 6. The number of benzene rings is 2. The molecule has 6 heteroatoms. The molecule has 156 valence electrons. The fourth-order valence-corrected chi connectivity index (χ4v) is 3.01. The summed E-state index contributed by atoms with van der Waals surface area (Å²) in [7, 11) is 0. The van der Waals surface area contributed by atoms with Crippen LogP contribution in [-0.4, -0.2) is 16.7 Å². The van der Waals surface area contributed by atoms with E-state index in [4.69, 9.17) is 21.1 Å². The zero-order chi connectivity index (χ0) is 21.6. The van der Waals surface area contributed by atoms with Crippen LogP contribution in [0.25, 0.3) is 0 Å². The van der Waals surface area contributed by atoms with Crippen molar-refractivity contribution < 1.29 is 14.3 Å². The SMILES string of the molecule is CC(C)(C)OC(=O)Nc1cccc(Cc2cc(Cl)ccc2OCc2ccccc2)n1. The van der Waals surface area contributed by atoms with Crippen LogP contribution >= 0.6 is 11.6 Å². The Morgan fingerprint density at radius 2 is 1.80 bits per heavy atom. The molecule has 1 amide bonds. The molecule has 1 aromatic heterocycles. The van der Waals surface area contributed by atoms with E-state index in [1.165, 1.54) is 0 Å².